The number of hydrogen-bond acceptors (Lipinski definition) is 2. The quantitative estimate of drug-likeness (QED) is 0.687. The van der Waals surface area contributed by atoms with Gasteiger partial charge in [0.05, 0.1) is 17.5 Å². The van der Waals surface area contributed by atoms with E-state index in [0.29, 0.717) is 21.7 Å². The van der Waals surface area contributed by atoms with Gasteiger partial charge in [-0.05, 0) is 54.4 Å². The maximum Gasteiger partial charge on any atom is 0.237 e. The second kappa shape index (κ2) is 5.83. The molecule has 1 aliphatic heterocycles. The van der Waals surface area contributed by atoms with Crippen LogP contribution in [0.2, 0.25) is 10.0 Å². The lowest BCUT2D eigenvalue weighted by atomic mass is 9.73. The highest BCUT2D eigenvalue weighted by Gasteiger charge is 2.64. The van der Waals surface area contributed by atoms with E-state index in [2.05, 4.69) is 12.1 Å². The van der Waals surface area contributed by atoms with Crippen molar-refractivity contribution in [1.82, 2.24) is 0 Å². The van der Waals surface area contributed by atoms with E-state index in [1.54, 1.807) is 18.2 Å². The van der Waals surface area contributed by atoms with Crippen LogP contribution in [-0.2, 0) is 9.59 Å². The summed E-state index contributed by atoms with van der Waals surface area (Å²) in [6.45, 7) is 0. The van der Waals surface area contributed by atoms with Crippen LogP contribution < -0.4 is 4.90 Å². The summed E-state index contributed by atoms with van der Waals surface area (Å²) >= 11 is 12.2. The van der Waals surface area contributed by atoms with Crippen LogP contribution in [0.1, 0.15) is 24.3 Å². The van der Waals surface area contributed by atoms with Crippen LogP contribution in [0, 0.1) is 23.7 Å². The van der Waals surface area contributed by atoms with Crippen molar-refractivity contribution in [3.8, 4) is 0 Å². The summed E-state index contributed by atoms with van der Waals surface area (Å²) in [5.74, 6) is 0.301. The summed E-state index contributed by atoms with van der Waals surface area (Å²) in [6, 6.07) is 15.2. The maximum atomic E-state index is 13.2. The Kier molecular flexibility index (Phi) is 3.67. The number of nitrogens with zero attached hydrogens (tertiary/aromatic N) is 1. The molecular weight excluding hydrogens is 369 g/mol. The first kappa shape index (κ1) is 16.3. The van der Waals surface area contributed by atoms with Crippen molar-refractivity contribution in [3.05, 3.63) is 64.1 Å². The molecule has 5 atom stereocenters. The summed E-state index contributed by atoms with van der Waals surface area (Å²) in [5.41, 5.74) is 1.77. The lowest BCUT2D eigenvalue weighted by molar-refractivity contribution is -0.123. The molecule has 5 heteroatoms. The van der Waals surface area contributed by atoms with E-state index < -0.39 is 0 Å². The number of halogens is 2. The van der Waals surface area contributed by atoms with Crippen molar-refractivity contribution in [2.24, 2.45) is 23.7 Å². The molecule has 0 unspecified atom stereocenters. The van der Waals surface area contributed by atoms with Crippen LogP contribution in [0.25, 0.3) is 0 Å². The topological polar surface area (TPSA) is 37.4 Å². The van der Waals surface area contributed by atoms with Crippen molar-refractivity contribution < 1.29 is 9.59 Å². The van der Waals surface area contributed by atoms with E-state index in [-0.39, 0.29) is 35.5 Å². The molecule has 0 aromatic heterocycles. The van der Waals surface area contributed by atoms with Crippen LogP contribution in [0.5, 0.6) is 0 Å². The SMILES string of the molecule is O=C1[C@@H]2[C@H]3C[C@@H]([C@@H]2C(=O)N1c1cc(Cl)cc(Cl)c1)[C@H](c1ccccc1)C3. The number of carbonyl (C=O) groups is 2. The summed E-state index contributed by atoms with van der Waals surface area (Å²) in [4.78, 5) is 27.6. The number of carbonyl (C=O) groups excluding carboxylic acids is 2. The van der Waals surface area contributed by atoms with Gasteiger partial charge in [0, 0.05) is 10.0 Å². The van der Waals surface area contributed by atoms with E-state index in [9.17, 15) is 9.59 Å². The van der Waals surface area contributed by atoms with Gasteiger partial charge in [0.15, 0.2) is 0 Å². The molecule has 2 aromatic carbocycles. The first-order valence-corrected chi connectivity index (χ1v) is 9.69. The van der Waals surface area contributed by atoms with E-state index in [4.69, 9.17) is 23.2 Å². The van der Waals surface area contributed by atoms with Gasteiger partial charge in [-0.3, -0.25) is 9.59 Å². The fraction of sp³-hybridized carbons (Fsp3) is 0.333. The molecule has 3 aliphatic rings. The van der Waals surface area contributed by atoms with E-state index >= 15 is 0 Å². The number of fused-ring (bicyclic) bond motifs is 5. The Morgan fingerprint density at radius 2 is 1.50 bits per heavy atom. The number of imide groups is 1. The van der Waals surface area contributed by atoms with Gasteiger partial charge in [0.25, 0.3) is 0 Å². The minimum atomic E-state index is -0.218. The van der Waals surface area contributed by atoms with Gasteiger partial charge in [-0.2, -0.15) is 0 Å². The molecular formula is C21H17Cl2NO2. The smallest absolute Gasteiger partial charge is 0.237 e. The van der Waals surface area contributed by atoms with Crippen molar-refractivity contribution in [2.45, 2.75) is 18.8 Å². The Hall–Kier alpha value is -1.84. The Bertz CT molecular complexity index is 893. The standard InChI is InChI=1S/C21H17Cl2NO2/c22-13-8-14(23)10-15(9-13)24-20(25)18-12-6-16(11-4-2-1-3-5-11)17(7-12)19(18)21(24)26/h1-5,8-10,12,16-19H,6-7H2/t12-,16+,17-,18-,19+/m1/s1. The molecule has 0 N–H and O–H groups in total. The molecule has 26 heavy (non-hydrogen) atoms. The number of anilines is 1. The van der Waals surface area contributed by atoms with Gasteiger partial charge in [0.1, 0.15) is 0 Å². The average molecular weight is 386 g/mol. The Morgan fingerprint density at radius 1 is 0.846 bits per heavy atom. The number of benzene rings is 2. The number of rotatable bonds is 2. The molecule has 1 saturated heterocycles. The minimum absolute atomic E-state index is 0.0858. The van der Waals surface area contributed by atoms with E-state index in [1.165, 1.54) is 10.5 Å². The summed E-state index contributed by atoms with van der Waals surface area (Å²) in [5, 5.41) is 0.852. The van der Waals surface area contributed by atoms with Crippen LogP contribution >= 0.6 is 23.2 Å². The zero-order valence-electron chi connectivity index (χ0n) is 13.9. The molecule has 2 bridgehead atoms. The molecule has 2 aliphatic carbocycles. The van der Waals surface area contributed by atoms with Crippen LogP contribution in [-0.4, -0.2) is 11.8 Å². The first-order valence-electron chi connectivity index (χ1n) is 8.93. The van der Waals surface area contributed by atoms with Crippen LogP contribution in [0.3, 0.4) is 0 Å². The fourth-order valence-electron chi connectivity index (χ4n) is 5.47. The van der Waals surface area contributed by atoms with Crippen molar-refractivity contribution in [1.29, 1.82) is 0 Å². The molecule has 2 aromatic rings. The summed E-state index contributed by atoms with van der Waals surface area (Å²) < 4.78 is 0. The third kappa shape index (κ3) is 2.27. The highest BCUT2D eigenvalue weighted by atomic mass is 35.5. The summed E-state index contributed by atoms with van der Waals surface area (Å²) in [7, 11) is 0. The zero-order valence-corrected chi connectivity index (χ0v) is 15.5. The molecule has 3 fully saturated rings. The normalized spacial score (nSPS) is 32.4. The molecule has 2 saturated carbocycles. The van der Waals surface area contributed by atoms with Gasteiger partial charge in [0.2, 0.25) is 11.8 Å². The lowest BCUT2D eigenvalue weighted by Gasteiger charge is -2.28. The predicted molar refractivity (Wildman–Crippen MR) is 101 cm³/mol. The van der Waals surface area contributed by atoms with Crippen LogP contribution in [0.15, 0.2) is 48.5 Å². The molecule has 2 amide bonds. The number of amides is 2. The Balaban J connectivity index is 1.51. The molecule has 0 spiro atoms. The van der Waals surface area contributed by atoms with Crippen molar-refractivity contribution in [2.75, 3.05) is 4.90 Å². The third-order valence-corrected chi connectivity index (χ3v) is 6.79. The van der Waals surface area contributed by atoms with Gasteiger partial charge in [-0.1, -0.05) is 53.5 Å². The Morgan fingerprint density at radius 3 is 2.19 bits per heavy atom. The van der Waals surface area contributed by atoms with Crippen molar-refractivity contribution in [3.63, 3.8) is 0 Å². The second-order valence-electron chi connectivity index (χ2n) is 7.60. The third-order valence-electron chi connectivity index (χ3n) is 6.35. The van der Waals surface area contributed by atoms with Gasteiger partial charge < -0.3 is 0 Å². The van der Waals surface area contributed by atoms with Crippen LogP contribution in [0.4, 0.5) is 5.69 Å². The monoisotopic (exact) mass is 385 g/mol. The van der Waals surface area contributed by atoms with E-state index in [0.717, 1.165) is 12.8 Å². The minimum Gasteiger partial charge on any atom is -0.274 e. The first-order chi connectivity index (χ1) is 12.5. The zero-order chi connectivity index (χ0) is 18.0. The molecule has 0 radical (unpaired) electrons. The largest absolute Gasteiger partial charge is 0.274 e. The maximum absolute atomic E-state index is 13.2. The van der Waals surface area contributed by atoms with Gasteiger partial charge in [-0.25, -0.2) is 4.90 Å². The molecule has 1 heterocycles. The molecule has 3 nitrogen and oxygen atoms in total. The van der Waals surface area contributed by atoms with Gasteiger partial charge in [-0.15, -0.1) is 0 Å². The highest BCUT2D eigenvalue weighted by Crippen LogP contribution is 2.61. The second-order valence-corrected chi connectivity index (χ2v) is 8.48. The highest BCUT2D eigenvalue weighted by molar-refractivity contribution is 6.35. The average Bonchev–Trinajstić information content (AvgIpc) is 3.26. The Labute approximate surface area is 161 Å². The van der Waals surface area contributed by atoms with E-state index in [1.807, 2.05) is 18.2 Å². The summed E-state index contributed by atoms with van der Waals surface area (Å²) in [6.07, 6.45) is 1.95. The molecule has 5 rings (SSSR count). The lowest BCUT2D eigenvalue weighted by Crippen LogP contribution is -2.33. The van der Waals surface area contributed by atoms with Crippen molar-refractivity contribution >= 4 is 40.7 Å². The predicted octanol–water partition coefficient (Wildman–Crippen LogP) is 4.92. The fourth-order valence-corrected chi connectivity index (χ4v) is 5.98. The molecule has 132 valence electrons. The number of hydrogen-bond donors (Lipinski definition) is 0. The van der Waals surface area contributed by atoms with Gasteiger partial charge >= 0.3 is 0 Å².